The molecule has 1 atom stereocenters. The van der Waals surface area contributed by atoms with Gasteiger partial charge in [0.05, 0.1) is 13.2 Å². The Labute approximate surface area is 199 Å². The van der Waals surface area contributed by atoms with Gasteiger partial charge in [-0.25, -0.2) is 4.99 Å². The van der Waals surface area contributed by atoms with Crippen LogP contribution in [0.2, 0.25) is 0 Å². The molecule has 2 fully saturated rings. The number of nitrogens with one attached hydrogen (secondary N) is 1. The van der Waals surface area contributed by atoms with E-state index in [0.29, 0.717) is 12.6 Å². The lowest BCUT2D eigenvalue weighted by molar-refractivity contribution is 0.0195. The number of nitrogens with zero attached hydrogens (tertiary/aromatic N) is 6. The van der Waals surface area contributed by atoms with Crippen LogP contribution in [-0.2, 0) is 24.8 Å². The summed E-state index contributed by atoms with van der Waals surface area (Å²) in [6.07, 6.45) is 2.19. The van der Waals surface area contributed by atoms with Gasteiger partial charge >= 0.3 is 0 Å². The van der Waals surface area contributed by atoms with Crippen LogP contribution >= 0.6 is 35.3 Å². The van der Waals surface area contributed by atoms with Crippen LogP contribution < -0.4 is 5.32 Å². The van der Waals surface area contributed by atoms with Crippen LogP contribution in [0.15, 0.2) is 22.5 Å². The maximum absolute atomic E-state index is 5.52. The number of aromatic nitrogens is 3. The summed E-state index contributed by atoms with van der Waals surface area (Å²) < 4.78 is 7.52. The van der Waals surface area contributed by atoms with Gasteiger partial charge in [0.1, 0.15) is 12.4 Å². The molecule has 0 bridgehead atoms. The Kier molecular flexibility index (Phi) is 8.90. The minimum Gasteiger partial charge on any atom is -0.379 e. The van der Waals surface area contributed by atoms with Gasteiger partial charge in [0.2, 0.25) is 0 Å². The van der Waals surface area contributed by atoms with Crippen LogP contribution in [0.1, 0.15) is 22.9 Å². The maximum atomic E-state index is 5.52. The summed E-state index contributed by atoms with van der Waals surface area (Å²) in [6, 6.07) is 4.88. The van der Waals surface area contributed by atoms with Gasteiger partial charge in [0.25, 0.3) is 0 Å². The van der Waals surface area contributed by atoms with Gasteiger partial charge in [-0.3, -0.25) is 4.90 Å². The number of hydrogen-bond donors (Lipinski definition) is 1. The first-order valence-corrected chi connectivity index (χ1v) is 11.3. The molecule has 1 N–H and O–H groups in total. The number of guanidine groups is 1. The highest BCUT2D eigenvalue weighted by molar-refractivity contribution is 14.0. The summed E-state index contributed by atoms with van der Waals surface area (Å²) in [6.45, 7) is 9.21. The molecule has 0 amide bonds. The monoisotopic (exact) mass is 545 g/mol. The number of aliphatic imine (C=N–C) groups is 1. The zero-order chi connectivity index (χ0) is 20.1. The molecule has 10 heteroatoms. The summed E-state index contributed by atoms with van der Waals surface area (Å²) in [4.78, 5) is 11.3. The SMILES string of the molecule is Cc1nnc(CN=C(NCCc2cccs2)N2CCC(N3CCOCC3)C2)n1C.I. The first-order chi connectivity index (χ1) is 14.2. The predicted octanol–water partition coefficient (Wildman–Crippen LogP) is 1.90. The fraction of sp³-hybridized carbons (Fsp3) is 0.650. The van der Waals surface area contributed by atoms with Gasteiger partial charge in [-0.05, 0) is 31.2 Å². The van der Waals surface area contributed by atoms with Gasteiger partial charge in [-0.2, -0.15) is 0 Å². The smallest absolute Gasteiger partial charge is 0.194 e. The molecule has 0 spiro atoms. The van der Waals surface area contributed by atoms with Crippen molar-refractivity contribution in [3.05, 3.63) is 34.0 Å². The Balaban J connectivity index is 0.00000256. The van der Waals surface area contributed by atoms with Crippen molar-refractivity contribution in [2.75, 3.05) is 45.9 Å². The Morgan fingerprint density at radius 2 is 2.13 bits per heavy atom. The second-order valence-electron chi connectivity index (χ2n) is 7.66. The predicted molar refractivity (Wildman–Crippen MR) is 131 cm³/mol. The fourth-order valence-electron chi connectivity index (χ4n) is 3.93. The van der Waals surface area contributed by atoms with Gasteiger partial charge < -0.3 is 19.5 Å². The molecule has 0 radical (unpaired) electrons. The van der Waals surface area contributed by atoms with E-state index in [9.17, 15) is 0 Å². The number of morpholine rings is 1. The Bertz CT molecular complexity index is 804. The lowest BCUT2D eigenvalue weighted by atomic mass is 10.2. The summed E-state index contributed by atoms with van der Waals surface area (Å²) in [7, 11) is 1.99. The summed E-state index contributed by atoms with van der Waals surface area (Å²) in [5.41, 5.74) is 0. The zero-order valence-electron chi connectivity index (χ0n) is 17.8. The average Bonchev–Trinajstić information content (AvgIpc) is 3.49. The van der Waals surface area contributed by atoms with Crippen molar-refractivity contribution in [1.29, 1.82) is 0 Å². The van der Waals surface area contributed by atoms with Crippen molar-refractivity contribution in [3.8, 4) is 0 Å². The summed E-state index contributed by atoms with van der Waals surface area (Å²) >= 11 is 1.81. The van der Waals surface area contributed by atoms with Crippen molar-refractivity contribution in [3.63, 3.8) is 0 Å². The quantitative estimate of drug-likeness (QED) is 0.340. The number of thiophene rings is 1. The van der Waals surface area contributed by atoms with Gasteiger partial charge in [0.15, 0.2) is 11.8 Å². The van der Waals surface area contributed by atoms with Crippen molar-refractivity contribution >= 4 is 41.3 Å². The van der Waals surface area contributed by atoms with E-state index in [-0.39, 0.29) is 24.0 Å². The minimum absolute atomic E-state index is 0. The number of halogens is 1. The molecule has 2 aliphatic rings. The number of aryl methyl sites for hydroxylation is 1. The van der Waals surface area contributed by atoms with Crippen molar-refractivity contribution in [1.82, 2.24) is 29.9 Å². The van der Waals surface area contributed by atoms with E-state index in [1.54, 1.807) is 0 Å². The summed E-state index contributed by atoms with van der Waals surface area (Å²) in [5.74, 6) is 2.79. The van der Waals surface area contributed by atoms with Crippen molar-refractivity contribution < 1.29 is 4.74 Å². The molecule has 0 aromatic carbocycles. The molecular formula is C20H32IN7OS. The molecule has 166 valence electrons. The molecule has 0 saturated carbocycles. The Morgan fingerprint density at radius 1 is 1.30 bits per heavy atom. The molecule has 4 heterocycles. The van der Waals surface area contributed by atoms with Crippen molar-refractivity contribution in [2.24, 2.45) is 12.0 Å². The lowest BCUT2D eigenvalue weighted by Crippen LogP contribution is -2.47. The largest absolute Gasteiger partial charge is 0.379 e. The molecule has 1 unspecified atom stereocenters. The van der Waals surface area contributed by atoms with E-state index in [4.69, 9.17) is 9.73 Å². The van der Waals surface area contributed by atoms with Crippen molar-refractivity contribution in [2.45, 2.75) is 32.4 Å². The third-order valence-electron chi connectivity index (χ3n) is 5.81. The first kappa shape index (κ1) is 23.4. The van der Waals surface area contributed by atoms with E-state index in [1.165, 1.54) is 11.3 Å². The van der Waals surface area contributed by atoms with Crippen LogP contribution in [0.3, 0.4) is 0 Å². The second kappa shape index (κ2) is 11.4. The van der Waals surface area contributed by atoms with Crippen LogP contribution in [0, 0.1) is 6.92 Å². The van der Waals surface area contributed by atoms with Crippen LogP contribution in [0.4, 0.5) is 0 Å². The van der Waals surface area contributed by atoms with Crippen LogP contribution in [-0.4, -0.2) is 82.5 Å². The third kappa shape index (κ3) is 5.92. The number of hydrogen-bond acceptors (Lipinski definition) is 6. The second-order valence-corrected chi connectivity index (χ2v) is 8.69. The Morgan fingerprint density at radius 3 is 2.83 bits per heavy atom. The Hall–Kier alpha value is -1.24. The number of ether oxygens (including phenoxy) is 1. The zero-order valence-corrected chi connectivity index (χ0v) is 20.9. The number of likely N-dealkylation sites (tertiary alicyclic amines) is 1. The standard InChI is InChI=1S/C20H31N7OS.HI/c1-16-23-24-19(25(16)2)14-22-20(21-7-5-18-4-3-13-29-18)27-8-6-17(15-27)26-9-11-28-12-10-26;/h3-4,13,17H,5-12,14-15H2,1-2H3,(H,21,22);1H. The number of rotatable bonds is 6. The van der Waals surface area contributed by atoms with E-state index >= 15 is 0 Å². The maximum Gasteiger partial charge on any atom is 0.194 e. The highest BCUT2D eigenvalue weighted by Crippen LogP contribution is 2.17. The lowest BCUT2D eigenvalue weighted by Gasteiger charge is -2.32. The highest BCUT2D eigenvalue weighted by Gasteiger charge is 2.30. The normalized spacial score (nSPS) is 20.4. The van der Waals surface area contributed by atoms with E-state index < -0.39 is 0 Å². The molecule has 8 nitrogen and oxygen atoms in total. The average molecular weight is 545 g/mol. The molecule has 0 aliphatic carbocycles. The molecule has 2 aliphatic heterocycles. The molecular weight excluding hydrogens is 513 g/mol. The highest BCUT2D eigenvalue weighted by atomic mass is 127. The van der Waals surface area contributed by atoms with Gasteiger partial charge in [-0.15, -0.1) is 45.5 Å². The molecule has 30 heavy (non-hydrogen) atoms. The van der Waals surface area contributed by atoms with Crippen LogP contribution in [0.25, 0.3) is 0 Å². The van der Waals surface area contributed by atoms with E-state index in [0.717, 1.165) is 70.0 Å². The van der Waals surface area contributed by atoms with E-state index in [1.807, 2.05) is 29.9 Å². The molecule has 2 aromatic heterocycles. The fourth-order valence-corrected chi connectivity index (χ4v) is 4.64. The third-order valence-corrected chi connectivity index (χ3v) is 6.75. The van der Waals surface area contributed by atoms with E-state index in [2.05, 4.69) is 42.8 Å². The molecule has 4 rings (SSSR count). The van der Waals surface area contributed by atoms with Crippen LogP contribution in [0.5, 0.6) is 0 Å². The minimum atomic E-state index is 0. The molecule has 2 saturated heterocycles. The van der Waals surface area contributed by atoms with Gasteiger partial charge in [-0.1, -0.05) is 6.07 Å². The molecule has 2 aromatic rings. The topological polar surface area (TPSA) is 70.8 Å². The first-order valence-electron chi connectivity index (χ1n) is 10.4. The summed E-state index contributed by atoms with van der Waals surface area (Å²) in [5, 5.41) is 14.2. The van der Waals surface area contributed by atoms with Gasteiger partial charge in [0, 0.05) is 50.7 Å².